The molecule has 27 heavy (non-hydrogen) atoms. The molecular formula is C25H22BN. The Morgan fingerprint density at radius 3 is 2.22 bits per heavy atom. The molecule has 0 spiro atoms. The SMILES string of the molecule is CC(C)(C)c1cc(B2N=Cc3c2ccc2ccccc32)cc2ccccc12. The van der Waals surface area contributed by atoms with E-state index in [1.165, 1.54) is 43.6 Å². The highest BCUT2D eigenvalue weighted by Gasteiger charge is 2.29. The second-order valence-electron chi connectivity index (χ2n) is 8.51. The van der Waals surface area contributed by atoms with E-state index in [0.717, 1.165) is 0 Å². The first-order valence-corrected chi connectivity index (χ1v) is 9.60. The molecule has 2 heteroatoms. The maximum atomic E-state index is 4.93. The Morgan fingerprint density at radius 2 is 1.44 bits per heavy atom. The predicted octanol–water partition coefficient (Wildman–Crippen LogP) is 4.83. The van der Waals surface area contributed by atoms with Crippen molar-refractivity contribution in [3.63, 3.8) is 0 Å². The van der Waals surface area contributed by atoms with Crippen LogP contribution < -0.4 is 10.9 Å². The van der Waals surface area contributed by atoms with E-state index in [-0.39, 0.29) is 12.3 Å². The van der Waals surface area contributed by atoms with Gasteiger partial charge in [0, 0.05) is 6.21 Å². The van der Waals surface area contributed by atoms with Crippen LogP contribution in [0.4, 0.5) is 0 Å². The Bertz CT molecular complexity index is 1210. The highest BCUT2D eigenvalue weighted by Crippen LogP contribution is 2.29. The van der Waals surface area contributed by atoms with Gasteiger partial charge in [0.2, 0.25) is 0 Å². The largest absolute Gasteiger partial charge is 0.344 e. The molecule has 1 aliphatic rings. The fraction of sp³-hybridized carbons (Fsp3) is 0.160. The zero-order chi connectivity index (χ0) is 18.6. The minimum Gasteiger partial charge on any atom is -0.335 e. The van der Waals surface area contributed by atoms with Gasteiger partial charge in [-0.1, -0.05) is 93.6 Å². The zero-order valence-corrected chi connectivity index (χ0v) is 16.0. The van der Waals surface area contributed by atoms with Gasteiger partial charge in [0.15, 0.2) is 0 Å². The minimum atomic E-state index is 0.0790. The smallest absolute Gasteiger partial charge is 0.335 e. The standard InChI is InChI=1S/C25H22BN/c1-25(2,3)23-15-19(14-18-9-5-7-11-21(18)23)26-24-13-12-17-8-4-6-10-20(17)22(24)16-27-26/h4-16H,1-3H3. The van der Waals surface area contributed by atoms with Crippen LogP contribution in [0.2, 0.25) is 0 Å². The van der Waals surface area contributed by atoms with Crippen molar-refractivity contribution >= 4 is 45.5 Å². The molecule has 0 atom stereocenters. The summed E-state index contributed by atoms with van der Waals surface area (Å²) in [5, 5.41) is 5.20. The first-order chi connectivity index (χ1) is 13.0. The van der Waals surface area contributed by atoms with E-state index in [1.54, 1.807) is 0 Å². The summed E-state index contributed by atoms with van der Waals surface area (Å²) < 4.78 is 0. The third-order valence-corrected chi connectivity index (χ3v) is 5.66. The molecule has 4 aromatic carbocycles. The van der Waals surface area contributed by atoms with E-state index < -0.39 is 0 Å². The van der Waals surface area contributed by atoms with Crippen LogP contribution in [0.3, 0.4) is 0 Å². The van der Waals surface area contributed by atoms with Crippen molar-refractivity contribution < 1.29 is 0 Å². The number of hydrogen-bond acceptors (Lipinski definition) is 1. The third-order valence-electron chi connectivity index (χ3n) is 5.66. The molecule has 0 saturated carbocycles. The number of fused-ring (bicyclic) bond motifs is 4. The molecular weight excluding hydrogens is 325 g/mol. The highest BCUT2D eigenvalue weighted by atomic mass is 14.6. The van der Waals surface area contributed by atoms with Gasteiger partial charge in [0.05, 0.1) is 0 Å². The molecule has 0 aromatic heterocycles. The Hall–Kier alpha value is -2.87. The van der Waals surface area contributed by atoms with Gasteiger partial charge in [-0.2, -0.15) is 0 Å². The van der Waals surface area contributed by atoms with Gasteiger partial charge in [0.1, 0.15) is 0 Å². The molecule has 0 aliphatic carbocycles. The summed E-state index contributed by atoms with van der Waals surface area (Å²) in [5.74, 6) is 0. The number of rotatable bonds is 1. The number of benzene rings is 4. The Balaban J connectivity index is 1.73. The van der Waals surface area contributed by atoms with Crippen LogP contribution in [0.1, 0.15) is 31.9 Å². The Morgan fingerprint density at radius 1 is 0.741 bits per heavy atom. The monoisotopic (exact) mass is 347 g/mol. The lowest BCUT2D eigenvalue weighted by molar-refractivity contribution is 0.596. The molecule has 1 heterocycles. The second-order valence-corrected chi connectivity index (χ2v) is 8.51. The molecule has 0 radical (unpaired) electrons. The molecule has 0 N–H and O–H groups in total. The van der Waals surface area contributed by atoms with Crippen molar-refractivity contribution in [1.82, 2.24) is 0 Å². The fourth-order valence-corrected chi connectivity index (χ4v) is 4.30. The van der Waals surface area contributed by atoms with Crippen LogP contribution in [-0.2, 0) is 5.41 Å². The van der Waals surface area contributed by atoms with E-state index in [4.69, 9.17) is 4.90 Å². The van der Waals surface area contributed by atoms with E-state index in [0.29, 0.717) is 0 Å². The lowest BCUT2D eigenvalue weighted by Crippen LogP contribution is -2.40. The van der Waals surface area contributed by atoms with Crippen molar-refractivity contribution in [3.8, 4) is 0 Å². The van der Waals surface area contributed by atoms with Crippen LogP contribution in [-0.4, -0.2) is 13.1 Å². The molecule has 1 aliphatic heterocycles. The molecule has 0 saturated heterocycles. The van der Waals surface area contributed by atoms with Gasteiger partial charge < -0.3 is 4.90 Å². The molecule has 0 bridgehead atoms. The maximum absolute atomic E-state index is 4.93. The second kappa shape index (κ2) is 5.82. The van der Waals surface area contributed by atoms with Crippen LogP contribution in [0.15, 0.2) is 77.7 Å². The summed E-state index contributed by atoms with van der Waals surface area (Å²) in [5.41, 5.74) is 5.33. The minimum absolute atomic E-state index is 0.0790. The average molecular weight is 347 g/mol. The average Bonchev–Trinajstić information content (AvgIpc) is 3.11. The summed E-state index contributed by atoms with van der Waals surface area (Å²) in [6.07, 6.45) is 2.06. The van der Waals surface area contributed by atoms with E-state index in [9.17, 15) is 0 Å². The van der Waals surface area contributed by atoms with Gasteiger partial charge in [-0.25, -0.2) is 0 Å². The summed E-state index contributed by atoms with van der Waals surface area (Å²) in [7, 11) is 0. The van der Waals surface area contributed by atoms with Crippen molar-refractivity contribution in [2.24, 2.45) is 4.90 Å². The van der Waals surface area contributed by atoms with Crippen molar-refractivity contribution in [2.75, 3.05) is 0 Å². The predicted molar refractivity (Wildman–Crippen MR) is 119 cm³/mol. The van der Waals surface area contributed by atoms with Crippen LogP contribution in [0.25, 0.3) is 21.5 Å². The fourth-order valence-electron chi connectivity index (χ4n) is 4.30. The summed E-state index contributed by atoms with van der Waals surface area (Å²) >= 11 is 0. The lowest BCUT2D eigenvalue weighted by atomic mass is 9.51. The Kier molecular flexibility index (Phi) is 3.52. The normalized spacial score (nSPS) is 13.5. The van der Waals surface area contributed by atoms with Gasteiger partial charge in [-0.05, 0) is 49.0 Å². The Labute approximate surface area is 160 Å². The first-order valence-electron chi connectivity index (χ1n) is 9.60. The molecule has 0 fully saturated rings. The lowest BCUT2D eigenvalue weighted by Gasteiger charge is -2.23. The van der Waals surface area contributed by atoms with Crippen LogP contribution in [0.5, 0.6) is 0 Å². The number of hydrogen-bond donors (Lipinski definition) is 0. The van der Waals surface area contributed by atoms with Crippen molar-refractivity contribution in [3.05, 3.63) is 83.9 Å². The van der Waals surface area contributed by atoms with Gasteiger partial charge in [0.25, 0.3) is 0 Å². The van der Waals surface area contributed by atoms with E-state index in [1.807, 2.05) is 0 Å². The maximum Gasteiger partial charge on any atom is 0.344 e. The van der Waals surface area contributed by atoms with Crippen molar-refractivity contribution in [2.45, 2.75) is 26.2 Å². The highest BCUT2D eigenvalue weighted by molar-refractivity contribution is 6.87. The molecule has 0 unspecified atom stereocenters. The van der Waals surface area contributed by atoms with Crippen LogP contribution in [0, 0.1) is 0 Å². The topological polar surface area (TPSA) is 12.4 Å². The first kappa shape index (κ1) is 16.3. The summed E-state index contributed by atoms with van der Waals surface area (Å²) in [6.45, 7) is 6.95. The van der Waals surface area contributed by atoms with Gasteiger partial charge in [-0.15, -0.1) is 0 Å². The molecule has 1 nitrogen and oxygen atoms in total. The van der Waals surface area contributed by atoms with Gasteiger partial charge in [-0.3, -0.25) is 0 Å². The quantitative estimate of drug-likeness (QED) is 0.438. The number of nitrogens with zero attached hydrogens (tertiary/aromatic N) is 1. The van der Waals surface area contributed by atoms with Crippen LogP contribution >= 0.6 is 0 Å². The molecule has 130 valence electrons. The molecule has 5 rings (SSSR count). The third kappa shape index (κ3) is 2.59. The van der Waals surface area contributed by atoms with E-state index >= 15 is 0 Å². The van der Waals surface area contributed by atoms with E-state index in [2.05, 4.69) is 99.8 Å². The summed E-state index contributed by atoms with van der Waals surface area (Å²) in [4.78, 5) is 4.93. The van der Waals surface area contributed by atoms with Crippen molar-refractivity contribution in [1.29, 1.82) is 0 Å². The molecule has 0 amide bonds. The van der Waals surface area contributed by atoms with Gasteiger partial charge >= 0.3 is 6.85 Å². The summed E-state index contributed by atoms with van der Waals surface area (Å²) in [6, 6.07) is 26.4. The molecule has 4 aromatic rings. The zero-order valence-electron chi connectivity index (χ0n) is 16.0.